The number of rotatable bonds is 2. The van der Waals surface area contributed by atoms with E-state index in [1.807, 2.05) is 54.9 Å². The summed E-state index contributed by atoms with van der Waals surface area (Å²) in [5, 5.41) is 2.53. The van der Waals surface area contributed by atoms with Gasteiger partial charge < -0.3 is 10.3 Å². The first kappa shape index (κ1) is 10.1. The van der Waals surface area contributed by atoms with Crippen LogP contribution >= 0.6 is 0 Å². The number of benzene rings is 1. The zero-order chi connectivity index (χ0) is 10.1. The molecule has 0 aliphatic rings. The fraction of sp³-hybridized carbons (Fsp3) is 0. The summed E-state index contributed by atoms with van der Waals surface area (Å²) in [5.74, 6) is 0. The Morgan fingerprint density at radius 2 is 1.64 bits per heavy atom. The Morgan fingerprint density at radius 3 is 2.07 bits per heavy atom. The Balaban J connectivity index is 0.000000165. The summed E-state index contributed by atoms with van der Waals surface area (Å²) in [6, 6.07) is 13.2. The van der Waals surface area contributed by atoms with Crippen molar-refractivity contribution in [1.82, 2.24) is 4.98 Å². The first-order valence-electron chi connectivity index (χ1n) is 4.26. The van der Waals surface area contributed by atoms with Crippen molar-refractivity contribution < 1.29 is 4.79 Å². The van der Waals surface area contributed by atoms with Gasteiger partial charge in [0.1, 0.15) is 0 Å². The van der Waals surface area contributed by atoms with Crippen molar-refractivity contribution in [3.63, 3.8) is 0 Å². The van der Waals surface area contributed by atoms with Crippen LogP contribution in [0.15, 0.2) is 54.9 Å². The standard InChI is InChI=1S/C7H7NO.C4H5N/c9-6-8-7-4-2-1-3-5-7;1-2-4-5-3-1/h1-6H,(H,8,9);1-5H. The van der Waals surface area contributed by atoms with Crippen LogP contribution in [0.2, 0.25) is 0 Å². The van der Waals surface area contributed by atoms with Crippen molar-refractivity contribution in [2.24, 2.45) is 0 Å². The molecule has 14 heavy (non-hydrogen) atoms. The minimum atomic E-state index is 0.662. The van der Waals surface area contributed by atoms with Crippen LogP contribution in [0, 0.1) is 0 Å². The summed E-state index contributed by atoms with van der Waals surface area (Å²) >= 11 is 0. The Bertz CT molecular complexity index is 312. The topological polar surface area (TPSA) is 44.9 Å². The van der Waals surface area contributed by atoms with Crippen molar-refractivity contribution in [3.8, 4) is 0 Å². The summed E-state index contributed by atoms with van der Waals surface area (Å²) in [6.07, 6.45) is 4.41. The average Bonchev–Trinajstić information content (AvgIpc) is 2.78. The Morgan fingerprint density at radius 1 is 1.00 bits per heavy atom. The van der Waals surface area contributed by atoms with E-state index in [1.165, 1.54) is 0 Å². The van der Waals surface area contributed by atoms with E-state index >= 15 is 0 Å². The number of aromatic nitrogens is 1. The Kier molecular flexibility index (Phi) is 4.65. The normalized spacial score (nSPS) is 8.29. The number of amides is 1. The van der Waals surface area contributed by atoms with Crippen molar-refractivity contribution in [1.29, 1.82) is 0 Å². The second-order valence-corrected chi connectivity index (χ2v) is 2.51. The molecule has 0 aliphatic carbocycles. The van der Waals surface area contributed by atoms with E-state index < -0.39 is 0 Å². The van der Waals surface area contributed by atoms with Crippen LogP contribution in [-0.4, -0.2) is 11.4 Å². The lowest BCUT2D eigenvalue weighted by Crippen LogP contribution is -1.91. The number of hydrogen-bond acceptors (Lipinski definition) is 1. The molecule has 2 aromatic rings. The molecule has 0 bridgehead atoms. The summed E-state index contributed by atoms with van der Waals surface area (Å²) < 4.78 is 0. The molecule has 0 unspecified atom stereocenters. The maximum absolute atomic E-state index is 9.86. The molecule has 0 saturated carbocycles. The van der Waals surface area contributed by atoms with Gasteiger partial charge in [0.15, 0.2) is 0 Å². The van der Waals surface area contributed by atoms with Crippen LogP contribution in [0.3, 0.4) is 0 Å². The zero-order valence-electron chi connectivity index (χ0n) is 7.68. The van der Waals surface area contributed by atoms with E-state index in [2.05, 4.69) is 10.3 Å². The number of H-pyrrole nitrogens is 1. The number of para-hydroxylation sites is 1. The summed E-state index contributed by atoms with van der Waals surface area (Å²) in [7, 11) is 0. The smallest absolute Gasteiger partial charge is 0.211 e. The summed E-state index contributed by atoms with van der Waals surface area (Å²) in [4.78, 5) is 12.7. The fourth-order valence-electron chi connectivity index (χ4n) is 0.880. The number of nitrogens with one attached hydrogen (secondary N) is 2. The van der Waals surface area contributed by atoms with Gasteiger partial charge in [-0.3, -0.25) is 4.79 Å². The number of hydrogen-bond donors (Lipinski definition) is 2. The third-order valence-corrected chi connectivity index (χ3v) is 1.50. The average molecular weight is 188 g/mol. The van der Waals surface area contributed by atoms with Crippen molar-refractivity contribution in [2.45, 2.75) is 0 Å². The van der Waals surface area contributed by atoms with E-state index in [0.717, 1.165) is 5.69 Å². The van der Waals surface area contributed by atoms with E-state index in [1.54, 1.807) is 0 Å². The molecule has 0 atom stereocenters. The molecule has 0 spiro atoms. The molecule has 2 rings (SSSR count). The van der Waals surface area contributed by atoms with Crippen molar-refractivity contribution in [3.05, 3.63) is 54.9 Å². The highest BCUT2D eigenvalue weighted by molar-refractivity contribution is 5.70. The molecule has 2 N–H and O–H groups in total. The molecule has 1 heterocycles. The van der Waals surface area contributed by atoms with Gasteiger partial charge in [-0.15, -0.1) is 0 Å². The van der Waals surface area contributed by atoms with Gasteiger partial charge in [0.25, 0.3) is 0 Å². The molecule has 1 aromatic carbocycles. The van der Waals surface area contributed by atoms with Crippen LogP contribution in [0.1, 0.15) is 0 Å². The fourth-order valence-corrected chi connectivity index (χ4v) is 0.880. The second kappa shape index (κ2) is 6.48. The number of anilines is 1. The van der Waals surface area contributed by atoms with Crippen LogP contribution in [0.25, 0.3) is 0 Å². The molecule has 3 nitrogen and oxygen atoms in total. The van der Waals surface area contributed by atoms with Crippen LogP contribution in [0.4, 0.5) is 5.69 Å². The number of carbonyl (C=O) groups is 1. The lowest BCUT2D eigenvalue weighted by Gasteiger charge is -1.93. The van der Waals surface area contributed by atoms with E-state index in [-0.39, 0.29) is 0 Å². The van der Waals surface area contributed by atoms with Crippen molar-refractivity contribution >= 4 is 12.1 Å². The lowest BCUT2D eigenvalue weighted by molar-refractivity contribution is -0.105. The van der Waals surface area contributed by atoms with Gasteiger partial charge in [0.05, 0.1) is 0 Å². The van der Waals surface area contributed by atoms with E-state index in [9.17, 15) is 4.79 Å². The molecule has 0 saturated heterocycles. The first-order valence-corrected chi connectivity index (χ1v) is 4.26. The minimum Gasteiger partial charge on any atom is -0.368 e. The highest BCUT2D eigenvalue weighted by atomic mass is 16.1. The molecule has 0 fully saturated rings. The predicted octanol–water partition coefficient (Wildman–Crippen LogP) is 2.27. The van der Waals surface area contributed by atoms with Gasteiger partial charge in [-0.1, -0.05) is 18.2 Å². The molecule has 0 aliphatic heterocycles. The number of carbonyl (C=O) groups excluding carboxylic acids is 1. The third-order valence-electron chi connectivity index (χ3n) is 1.50. The van der Waals surface area contributed by atoms with E-state index in [0.29, 0.717) is 6.41 Å². The van der Waals surface area contributed by atoms with Gasteiger partial charge in [-0.05, 0) is 24.3 Å². The molecule has 72 valence electrons. The van der Waals surface area contributed by atoms with Gasteiger partial charge in [-0.25, -0.2) is 0 Å². The molecular weight excluding hydrogens is 176 g/mol. The number of aromatic amines is 1. The quantitative estimate of drug-likeness (QED) is 0.698. The third kappa shape index (κ3) is 4.11. The first-order chi connectivity index (χ1) is 6.93. The SMILES string of the molecule is O=CNc1ccccc1.c1cc[nH]c1. The zero-order valence-corrected chi connectivity index (χ0v) is 7.68. The monoisotopic (exact) mass is 188 g/mol. The molecule has 0 radical (unpaired) electrons. The van der Waals surface area contributed by atoms with Gasteiger partial charge in [-0.2, -0.15) is 0 Å². The minimum absolute atomic E-state index is 0.662. The summed E-state index contributed by atoms with van der Waals surface area (Å²) in [6.45, 7) is 0. The van der Waals surface area contributed by atoms with Crippen LogP contribution in [0.5, 0.6) is 0 Å². The molecule has 3 heteroatoms. The van der Waals surface area contributed by atoms with Crippen LogP contribution in [-0.2, 0) is 4.79 Å². The Hall–Kier alpha value is -2.03. The largest absolute Gasteiger partial charge is 0.368 e. The summed E-state index contributed by atoms with van der Waals surface area (Å²) in [5.41, 5.74) is 0.826. The highest BCUT2D eigenvalue weighted by Crippen LogP contribution is 2.01. The van der Waals surface area contributed by atoms with Crippen molar-refractivity contribution in [2.75, 3.05) is 5.32 Å². The predicted molar refractivity (Wildman–Crippen MR) is 56.9 cm³/mol. The van der Waals surface area contributed by atoms with E-state index in [4.69, 9.17) is 0 Å². The maximum Gasteiger partial charge on any atom is 0.211 e. The Labute approximate surface area is 82.8 Å². The maximum atomic E-state index is 9.86. The second-order valence-electron chi connectivity index (χ2n) is 2.51. The van der Waals surface area contributed by atoms with Gasteiger partial charge in [0, 0.05) is 18.1 Å². The van der Waals surface area contributed by atoms with Gasteiger partial charge in [0.2, 0.25) is 6.41 Å². The molecule has 1 amide bonds. The van der Waals surface area contributed by atoms with Crippen LogP contribution < -0.4 is 5.32 Å². The molecular formula is C11H12N2O. The van der Waals surface area contributed by atoms with Gasteiger partial charge >= 0.3 is 0 Å². The lowest BCUT2D eigenvalue weighted by atomic mass is 10.3. The highest BCUT2D eigenvalue weighted by Gasteiger charge is 1.81. The molecule has 1 aromatic heterocycles.